The number of alkyl carbamates (subject to hydrolysis) is 1. The van der Waals surface area contributed by atoms with Crippen molar-refractivity contribution in [3.63, 3.8) is 0 Å². The maximum absolute atomic E-state index is 11.8. The van der Waals surface area contributed by atoms with Gasteiger partial charge in [0.2, 0.25) is 0 Å². The lowest BCUT2D eigenvalue weighted by atomic mass is 10.1. The third-order valence-corrected chi connectivity index (χ3v) is 2.29. The van der Waals surface area contributed by atoms with E-state index in [9.17, 15) is 18.0 Å². The van der Waals surface area contributed by atoms with Gasteiger partial charge < -0.3 is 10.1 Å². The Morgan fingerprint density at radius 3 is 2.72 bits per heavy atom. The largest absolute Gasteiger partial charge is 0.440 e. The number of ether oxygens (including phenoxy) is 1. The molecule has 1 aromatic rings. The highest BCUT2D eigenvalue weighted by atomic mass is 35.5. The monoisotopic (exact) mass is 281 g/mol. The molecule has 7 heteroatoms. The van der Waals surface area contributed by atoms with Crippen LogP contribution in [0.15, 0.2) is 24.3 Å². The molecular weight excluding hydrogens is 271 g/mol. The maximum atomic E-state index is 11.8. The second-order valence-corrected chi connectivity index (χ2v) is 4.05. The summed E-state index contributed by atoms with van der Waals surface area (Å²) in [4.78, 5) is 11.1. The number of carbonyl (C=O) groups is 1. The van der Waals surface area contributed by atoms with Crippen LogP contribution in [0, 0.1) is 0 Å². The molecule has 0 bridgehead atoms. The summed E-state index contributed by atoms with van der Waals surface area (Å²) in [6.07, 6.45) is -5.66. The smallest absolute Gasteiger partial charge is 0.422 e. The molecule has 0 aliphatic carbocycles. The number of benzene rings is 1. The Morgan fingerprint density at radius 2 is 2.17 bits per heavy atom. The minimum atomic E-state index is -4.53. The Morgan fingerprint density at radius 1 is 1.50 bits per heavy atom. The van der Waals surface area contributed by atoms with Gasteiger partial charge >= 0.3 is 12.3 Å². The Bertz CT molecular complexity index is 423. The van der Waals surface area contributed by atoms with Crippen molar-refractivity contribution < 1.29 is 22.7 Å². The van der Waals surface area contributed by atoms with E-state index in [1.807, 2.05) is 0 Å². The van der Waals surface area contributed by atoms with Crippen LogP contribution >= 0.6 is 11.6 Å². The van der Waals surface area contributed by atoms with Crippen LogP contribution in [0.5, 0.6) is 0 Å². The first-order chi connectivity index (χ1) is 8.28. The second kappa shape index (κ2) is 5.95. The van der Waals surface area contributed by atoms with Crippen LogP contribution in [0.1, 0.15) is 18.5 Å². The van der Waals surface area contributed by atoms with Crippen molar-refractivity contribution >= 4 is 17.7 Å². The zero-order valence-corrected chi connectivity index (χ0v) is 10.2. The molecule has 1 atom stereocenters. The van der Waals surface area contributed by atoms with Gasteiger partial charge in [0, 0.05) is 5.02 Å². The highest BCUT2D eigenvalue weighted by Crippen LogP contribution is 2.18. The van der Waals surface area contributed by atoms with Crippen molar-refractivity contribution in [2.24, 2.45) is 0 Å². The van der Waals surface area contributed by atoms with Crippen LogP contribution in [0.3, 0.4) is 0 Å². The van der Waals surface area contributed by atoms with E-state index in [0.717, 1.165) is 0 Å². The normalized spacial score (nSPS) is 12.9. The van der Waals surface area contributed by atoms with Crippen molar-refractivity contribution in [3.05, 3.63) is 34.9 Å². The topological polar surface area (TPSA) is 38.3 Å². The second-order valence-electron chi connectivity index (χ2n) is 3.61. The van der Waals surface area contributed by atoms with Gasteiger partial charge in [-0.3, -0.25) is 0 Å². The Kier molecular flexibility index (Phi) is 4.84. The molecule has 0 heterocycles. The molecule has 0 aromatic heterocycles. The number of rotatable bonds is 3. The average Bonchev–Trinajstić information content (AvgIpc) is 2.25. The van der Waals surface area contributed by atoms with Crippen molar-refractivity contribution in [3.8, 4) is 0 Å². The molecule has 0 saturated carbocycles. The highest BCUT2D eigenvalue weighted by Gasteiger charge is 2.29. The van der Waals surface area contributed by atoms with E-state index >= 15 is 0 Å². The van der Waals surface area contributed by atoms with E-state index < -0.39 is 24.9 Å². The quantitative estimate of drug-likeness (QED) is 0.917. The number of hydrogen-bond donors (Lipinski definition) is 1. The minimum absolute atomic E-state index is 0.477. The number of halogens is 4. The molecule has 1 amide bonds. The first-order valence-electron chi connectivity index (χ1n) is 5.03. The van der Waals surface area contributed by atoms with Crippen molar-refractivity contribution in [2.75, 3.05) is 6.61 Å². The van der Waals surface area contributed by atoms with Crippen molar-refractivity contribution in [1.82, 2.24) is 5.32 Å². The van der Waals surface area contributed by atoms with E-state index in [0.29, 0.717) is 10.6 Å². The van der Waals surface area contributed by atoms with Gasteiger partial charge in [-0.25, -0.2) is 4.79 Å². The Labute approximate surface area is 107 Å². The lowest BCUT2D eigenvalue weighted by Crippen LogP contribution is -2.30. The fraction of sp³-hybridized carbons (Fsp3) is 0.364. The number of alkyl halides is 3. The Balaban J connectivity index is 2.50. The van der Waals surface area contributed by atoms with Gasteiger partial charge in [-0.15, -0.1) is 0 Å². The van der Waals surface area contributed by atoms with E-state index in [1.54, 1.807) is 31.2 Å². The summed E-state index contributed by atoms with van der Waals surface area (Å²) >= 11 is 5.75. The van der Waals surface area contributed by atoms with Crippen LogP contribution in [0.2, 0.25) is 5.02 Å². The first-order valence-corrected chi connectivity index (χ1v) is 5.41. The zero-order chi connectivity index (χ0) is 13.8. The SMILES string of the molecule is C[C@@H](NC(=O)OCC(F)(F)F)c1cccc(Cl)c1. The summed E-state index contributed by atoms with van der Waals surface area (Å²) in [6.45, 7) is 0.00160. The van der Waals surface area contributed by atoms with E-state index in [1.165, 1.54) is 0 Å². The fourth-order valence-electron chi connectivity index (χ4n) is 1.23. The zero-order valence-electron chi connectivity index (χ0n) is 9.42. The summed E-state index contributed by atoms with van der Waals surface area (Å²) in [5.41, 5.74) is 0.673. The molecular formula is C11H11ClF3NO2. The molecule has 0 unspecified atom stereocenters. The first kappa shape index (κ1) is 14.6. The molecule has 0 saturated heterocycles. The lowest BCUT2D eigenvalue weighted by Gasteiger charge is -2.15. The number of nitrogens with one attached hydrogen (secondary N) is 1. The van der Waals surface area contributed by atoms with Crippen LogP contribution in [0.4, 0.5) is 18.0 Å². The molecule has 1 N–H and O–H groups in total. The summed E-state index contributed by atoms with van der Waals surface area (Å²) in [7, 11) is 0. The van der Waals surface area contributed by atoms with Crippen LogP contribution < -0.4 is 5.32 Å². The molecule has 0 radical (unpaired) electrons. The summed E-state index contributed by atoms with van der Waals surface area (Å²) in [5, 5.41) is 2.75. The van der Waals surface area contributed by atoms with Gasteiger partial charge in [0.1, 0.15) is 0 Å². The number of carbonyl (C=O) groups excluding carboxylic acids is 1. The van der Waals surface area contributed by atoms with Crippen molar-refractivity contribution in [2.45, 2.75) is 19.1 Å². The highest BCUT2D eigenvalue weighted by molar-refractivity contribution is 6.30. The van der Waals surface area contributed by atoms with Gasteiger partial charge in [-0.2, -0.15) is 13.2 Å². The van der Waals surface area contributed by atoms with E-state index in [2.05, 4.69) is 10.1 Å². The lowest BCUT2D eigenvalue weighted by molar-refractivity contribution is -0.160. The summed E-state index contributed by atoms with van der Waals surface area (Å²) < 4.78 is 39.4. The third kappa shape index (κ3) is 5.27. The van der Waals surface area contributed by atoms with Gasteiger partial charge in [-0.1, -0.05) is 23.7 Å². The molecule has 0 fully saturated rings. The average molecular weight is 282 g/mol. The minimum Gasteiger partial charge on any atom is -0.440 e. The number of amides is 1. The van der Waals surface area contributed by atoms with E-state index in [4.69, 9.17) is 11.6 Å². The standard InChI is InChI=1S/C11H11ClF3NO2/c1-7(8-3-2-4-9(12)5-8)16-10(17)18-6-11(13,14)15/h2-5,7H,6H2,1H3,(H,16,17)/t7-/m1/s1. The predicted octanol–water partition coefficient (Wildman–Crippen LogP) is 3.69. The molecule has 0 aliphatic heterocycles. The maximum Gasteiger partial charge on any atom is 0.422 e. The molecule has 3 nitrogen and oxygen atoms in total. The summed E-state index contributed by atoms with van der Waals surface area (Å²) in [6, 6.07) is 6.14. The van der Waals surface area contributed by atoms with Crippen LogP contribution in [-0.4, -0.2) is 18.9 Å². The Hall–Kier alpha value is -1.43. The fourth-order valence-corrected chi connectivity index (χ4v) is 1.42. The molecule has 0 spiro atoms. The van der Waals surface area contributed by atoms with Crippen LogP contribution in [-0.2, 0) is 4.74 Å². The molecule has 1 aromatic carbocycles. The van der Waals surface area contributed by atoms with Gasteiger partial charge in [0.15, 0.2) is 6.61 Å². The molecule has 100 valence electrons. The number of hydrogen-bond acceptors (Lipinski definition) is 2. The molecule has 1 rings (SSSR count). The molecule has 0 aliphatic rings. The summed E-state index contributed by atoms with van der Waals surface area (Å²) in [5.74, 6) is 0. The predicted molar refractivity (Wildman–Crippen MR) is 60.4 cm³/mol. The van der Waals surface area contributed by atoms with Crippen LogP contribution in [0.25, 0.3) is 0 Å². The van der Waals surface area contributed by atoms with Crippen molar-refractivity contribution in [1.29, 1.82) is 0 Å². The van der Waals surface area contributed by atoms with Gasteiger partial charge in [-0.05, 0) is 24.6 Å². The molecule has 18 heavy (non-hydrogen) atoms. The van der Waals surface area contributed by atoms with Gasteiger partial charge in [0.05, 0.1) is 6.04 Å². The third-order valence-electron chi connectivity index (χ3n) is 2.05. The van der Waals surface area contributed by atoms with E-state index in [-0.39, 0.29) is 0 Å². The van der Waals surface area contributed by atoms with Gasteiger partial charge in [0.25, 0.3) is 0 Å².